The Labute approximate surface area is 51.8 Å². The van der Waals surface area contributed by atoms with Crippen LogP contribution in [-0.2, 0) is 4.79 Å². The molecule has 0 unspecified atom stereocenters. The fraction of sp³-hybridized carbons (Fsp3) is 0.600. The van der Waals surface area contributed by atoms with E-state index in [-0.39, 0.29) is 6.42 Å². The Bertz CT molecular complexity index is 154. The number of carboxylic acid groups (broad SMARTS) is 1. The fourth-order valence-electron chi connectivity index (χ4n) is 0.718. The van der Waals surface area contributed by atoms with E-state index in [0.717, 1.165) is 0 Å². The highest BCUT2D eigenvalue weighted by molar-refractivity contribution is 5.80. The summed E-state index contributed by atoms with van der Waals surface area (Å²) in [5, 5.41) is 17.0. The topological polar surface area (TPSA) is 69.9 Å². The molecule has 50 valence electrons. The summed E-state index contributed by atoms with van der Waals surface area (Å²) in [6, 6.07) is -0.722. The Balaban J connectivity index is 2.50. The van der Waals surface area contributed by atoms with Crippen LogP contribution in [0.5, 0.6) is 0 Å². The molecule has 9 heavy (non-hydrogen) atoms. The zero-order valence-corrected chi connectivity index (χ0v) is 4.69. The number of aliphatic carboxylic acids is 1. The largest absolute Gasteiger partial charge is 0.480 e. The van der Waals surface area contributed by atoms with Gasteiger partial charge in [0.1, 0.15) is 6.04 Å². The monoisotopic (exact) mass is 129 g/mol. The van der Waals surface area contributed by atoms with Gasteiger partial charge >= 0.3 is 5.97 Å². The third-order valence-corrected chi connectivity index (χ3v) is 1.19. The maximum atomic E-state index is 10.1. The summed E-state index contributed by atoms with van der Waals surface area (Å²) in [5.41, 5.74) is 0. The first kappa shape index (κ1) is 6.22. The van der Waals surface area contributed by atoms with Crippen molar-refractivity contribution in [3.05, 3.63) is 0 Å². The summed E-state index contributed by atoms with van der Waals surface area (Å²) >= 11 is 0. The average molecular weight is 129 g/mol. The average Bonchev–Trinajstić information content (AvgIpc) is 2.14. The molecular weight excluding hydrogens is 122 g/mol. The summed E-state index contributed by atoms with van der Waals surface area (Å²) in [6.45, 7) is 0. The van der Waals surface area contributed by atoms with Crippen LogP contribution in [0, 0.1) is 0 Å². The number of hydrogen-bond donors (Lipinski definition) is 2. The molecule has 0 radical (unpaired) electrons. The van der Waals surface area contributed by atoms with Gasteiger partial charge in [0.25, 0.3) is 0 Å². The molecule has 1 heterocycles. The van der Waals surface area contributed by atoms with E-state index in [1.165, 1.54) is 6.21 Å². The van der Waals surface area contributed by atoms with Crippen molar-refractivity contribution >= 4 is 12.2 Å². The Hall–Kier alpha value is -0.900. The number of carbonyl (C=O) groups is 1. The van der Waals surface area contributed by atoms with Crippen molar-refractivity contribution in [2.45, 2.75) is 18.6 Å². The highest BCUT2D eigenvalue weighted by Gasteiger charge is 2.23. The Kier molecular flexibility index (Phi) is 1.48. The highest BCUT2D eigenvalue weighted by Crippen LogP contribution is 2.08. The molecule has 0 fully saturated rings. The summed E-state index contributed by atoms with van der Waals surface area (Å²) < 4.78 is 0. The lowest BCUT2D eigenvalue weighted by atomic mass is 10.2. The van der Waals surface area contributed by atoms with Crippen molar-refractivity contribution < 1.29 is 15.0 Å². The van der Waals surface area contributed by atoms with Gasteiger partial charge in [0.2, 0.25) is 0 Å². The van der Waals surface area contributed by atoms with Crippen LogP contribution >= 0.6 is 0 Å². The Morgan fingerprint density at radius 3 is 2.67 bits per heavy atom. The molecule has 4 nitrogen and oxygen atoms in total. The Morgan fingerprint density at radius 1 is 1.78 bits per heavy atom. The minimum absolute atomic E-state index is 0.218. The number of aliphatic hydroxyl groups excluding tert-OH is 1. The van der Waals surface area contributed by atoms with E-state index in [1.54, 1.807) is 0 Å². The van der Waals surface area contributed by atoms with Crippen LogP contribution in [0.1, 0.15) is 6.42 Å². The van der Waals surface area contributed by atoms with Gasteiger partial charge in [0.05, 0.1) is 6.10 Å². The SMILES string of the molecule is O=C(O)[C@@H]1C[C@@H](O)C=N1. The van der Waals surface area contributed by atoms with Gasteiger partial charge in [0.15, 0.2) is 0 Å². The standard InChI is InChI=1S/C5H7NO3/c7-3-1-4(5(8)9)6-2-3/h2-4,7H,1H2,(H,8,9)/t3-,4+/m1/s1. The second-order valence-electron chi connectivity index (χ2n) is 1.96. The van der Waals surface area contributed by atoms with Crippen molar-refractivity contribution in [2.75, 3.05) is 0 Å². The molecule has 4 heteroatoms. The van der Waals surface area contributed by atoms with Crippen LogP contribution in [0.15, 0.2) is 4.99 Å². The molecule has 0 saturated carbocycles. The minimum Gasteiger partial charge on any atom is -0.480 e. The van der Waals surface area contributed by atoms with Gasteiger partial charge < -0.3 is 10.2 Å². The smallest absolute Gasteiger partial charge is 0.328 e. The number of carboxylic acids is 1. The van der Waals surface area contributed by atoms with Crippen LogP contribution < -0.4 is 0 Å². The zero-order valence-electron chi connectivity index (χ0n) is 4.69. The maximum absolute atomic E-state index is 10.1. The zero-order chi connectivity index (χ0) is 6.85. The van der Waals surface area contributed by atoms with Crippen LogP contribution in [0.4, 0.5) is 0 Å². The van der Waals surface area contributed by atoms with Gasteiger partial charge in [-0.15, -0.1) is 0 Å². The van der Waals surface area contributed by atoms with E-state index < -0.39 is 18.1 Å². The van der Waals surface area contributed by atoms with Crippen molar-refractivity contribution in [1.82, 2.24) is 0 Å². The van der Waals surface area contributed by atoms with E-state index in [9.17, 15) is 4.79 Å². The number of aliphatic hydroxyl groups is 1. The molecule has 1 aliphatic heterocycles. The molecule has 1 rings (SSSR count). The molecule has 0 aliphatic carbocycles. The third-order valence-electron chi connectivity index (χ3n) is 1.19. The first-order valence-electron chi connectivity index (χ1n) is 2.64. The molecule has 0 bridgehead atoms. The summed E-state index contributed by atoms with van der Waals surface area (Å²) in [4.78, 5) is 13.7. The van der Waals surface area contributed by atoms with Gasteiger partial charge in [-0.25, -0.2) is 4.79 Å². The van der Waals surface area contributed by atoms with Crippen LogP contribution in [0.25, 0.3) is 0 Å². The van der Waals surface area contributed by atoms with Crippen molar-refractivity contribution in [3.8, 4) is 0 Å². The van der Waals surface area contributed by atoms with Gasteiger partial charge in [-0.3, -0.25) is 4.99 Å². The van der Waals surface area contributed by atoms with E-state index in [2.05, 4.69) is 4.99 Å². The molecule has 0 amide bonds. The Morgan fingerprint density at radius 2 is 2.44 bits per heavy atom. The lowest BCUT2D eigenvalue weighted by molar-refractivity contribution is -0.138. The van der Waals surface area contributed by atoms with Crippen LogP contribution in [-0.4, -0.2) is 34.5 Å². The lowest BCUT2D eigenvalue weighted by Crippen LogP contribution is -2.17. The van der Waals surface area contributed by atoms with Crippen LogP contribution in [0.3, 0.4) is 0 Å². The van der Waals surface area contributed by atoms with Gasteiger partial charge in [-0.05, 0) is 0 Å². The van der Waals surface area contributed by atoms with E-state index >= 15 is 0 Å². The number of hydrogen-bond acceptors (Lipinski definition) is 3. The summed E-state index contributed by atoms with van der Waals surface area (Å²) in [6.07, 6.45) is 0.819. The van der Waals surface area contributed by atoms with E-state index in [0.29, 0.717) is 0 Å². The fourth-order valence-corrected chi connectivity index (χ4v) is 0.718. The number of nitrogens with zero attached hydrogens (tertiary/aromatic N) is 1. The van der Waals surface area contributed by atoms with Crippen molar-refractivity contribution in [1.29, 1.82) is 0 Å². The number of rotatable bonds is 1. The normalized spacial score (nSPS) is 33.0. The highest BCUT2D eigenvalue weighted by atomic mass is 16.4. The lowest BCUT2D eigenvalue weighted by Gasteiger charge is -1.98. The maximum Gasteiger partial charge on any atom is 0.328 e. The summed E-state index contributed by atoms with van der Waals surface area (Å²) in [7, 11) is 0. The first-order valence-corrected chi connectivity index (χ1v) is 2.64. The second kappa shape index (κ2) is 2.14. The molecule has 0 aromatic carbocycles. The molecule has 2 N–H and O–H groups in total. The second-order valence-corrected chi connectivity index (χ2v) is 1.96. The minimum atomic E-state index is -0.970. The molecule has 0 spiro atoms. The molecule has 1 aliphatic rings. The predicted molar refractivity (Wildman–Crippen MR) is 30.5 cm³/mol. The molecular formula is C5H7NO3. The first-order chi connectivity index (χ1) is 4.20. The third kappa shape index (κ3) is 1.26. The molecule has 2 atom stereocenters. The van der Waals surface area contributed by atoms with Crippen molar-refractivity contribution in [3.63, 3.8) is 0 Å². The predicted octanol–water partition coefficient (Wildman–Crippen LogP) is -0.725. The van der Waals surface area contributed by atoms with Gasteiger partial charge in [0, 0.05) is 12.6 Å². The molecule has 0 aromatic rings. The molecule has 0 aromatic heterocycles. The quantitative estimate of drug-likeness (QED) is 0.490. The summed E-state index contributed by atoms with van der Waals surface area (Å²) in [5.74, 6) is -0.970. The van der Waals surface area contributed by atoms with Gasteiger partial charge in [-0.2, -0.15) is 0 Å². The van der Waals surface area contributed by atoms with Gasteiger partial charge in [-0.1, -0.05) is 0 Å². The van der Waals surface area contributed by atoms with Crippen LogP contribution in [0.2, 0.25) is 0 Å². The van der Waals surface area contributed by atoms with E-state index in [4.69, 9.17) is 10.2 Å². The molecule has 0 saturated heterocycles. The number of aliphatic imine (C=N–C) groups is 1. The van der Waals surface area contributed by atoms with Crippen molar-refractivity contribution in [2.24, 2.45) is 4.99 Å². The van der Waals surface area contributed by atoms with E-state index in [1.807, 2.05) is 0 Å².